The van der Waals surface area contributed by atoms with Crippen LogP contribution in [0.5, 0.6) is 0 Å². The maximum Gasteiger partial charge on any atom is 0.333 e. The molecule has 0 aromatic rings. The second-order valence-corrected chi connectivity index (χ2v) is 4.21. The normalized spacial score (nSPS) is 19.9. The SMILES string of the molecule is C=C(C)C(=O)OCC1CO1.C=COC(=O)C1CC1. The fraction of sp³-hybridized carbons (Fsp3) is 0.538. The fourth-order valence-corrected chi connectivity index (χ4v) is 0.953. The van der Waals surface area contributed by atoms with Crippen LogP contribution in [0.4, 0.5) is 0 Å². The molecule has 1 aliphatic carbocycles. The third-order valence-corrected chi connectivity index (χ3v) is 2.26. The van der Waals surface area contributed by atoms with E-state index in [-0.39, 0.29) is 24.0 Å². The van der Waals surface area contributed by atoms with Gasteiger partial charge in [-0.3, -0.25) is 4.79 Å². The monoisotopic (exact) mass is 254 g/mol. The molecule has 2 aliphatic rings. The van der Waals surface area contributed by atoms with Gasteiger partial charge in [-0.2, -0.15) is 0 Å². The lowest BCUT2D eigenvalue weighted by molar-refractivity contribution is -0.140. The zero-order chi connectivity index (χ0) is 13.5. The van der Waals surface area contributed by atoms with Crippen molar-refractivity contribution < 1.29 is 23.8 Å². The summed E-state index contributed by atoms with van der Waals surface area (Å²) in [6, 6.07) is 0. The van der Waals surface area contributed by atoms with Gasteiger partial charge in [0.05, 0.1) is 18.8 Å². The molecule has 18 heavy (non-hydrogen) atoms. The van der Waals surface area contributed by atoms with Crippen LogP contribution in [-0.4, -0.2) is 31.3 Å². The molecule has 2 rings (SSSR count). The first-order valence-electron chi connectivity index (χ1n) is 5.80. The van der Waals surface area contributed by atoms with E-state index >= 15 is 0 Å². The van der Waals surface area contributed by atoms with Crippen molar-refractivity contribution in [2.24, 2.45) is 5.92 Å². The first-order chi connectivity index (χ1) is 8.54. The van der Waals surface area contributed by atoms with E-state index in [1.54, 1.807) is 6.92 Å². The maximum absolute atomic E-state index is 10.7. The van der Waals surface area contributed by atoms with Crippen LogP contribution in [0.1, 0.15) is 19.8 Å². The van der Waals surface area contributed by atoms with Crippen molar-refractivity contribution in [3.63, 3.8) is 0 Å². The van der Waals surface area contributed by atoms with Crippen LogP contribution in [-0.2, 0) is 23.8 Å². The van der Waals surface area contributed by atoms with Crippen molar-refractivity contribution in [1.82, 2.24) is 0 Å². The largest absolute Gasteiger partial charge is 0.459 e. The van der Waals surface area contributed by atoms with Gasteiger partial charge in [0.25, 0.3) is 0 Å². The summed E-state index contributed by atoms with van der Waals surface area (Å²) >= 11 is 0. The van der Waals surface area contributed by atoms with Gasteiger partial charge in [0.2, 0.25) is 0 Å². The third kappa shape index (κ3) is 6.20. The molecule has 1 heterocycles. The van der Waals surface area contributed by atoms with Crippen LogP contribution < -0.4 is 0 Å². The summed E-state index contributed by atoms with van der Waals surface area (Å²) in [7, 11) is 0. The molecule has 1 saturated heterocycles. The Morgan fingerprint density at radius 3 is 2.44 bits per heavy atom. The molecule has 5 nitrogen and oxygen atoms in total. The highest BCUT2D eigenvalue weighted by Crippen LogP contribution is 2.29. The van der Waals surface area contributed by atoms with E-state index in [9.17, 15) is 9.59 Å². The number of hydrogen-bond acceptors (Lipinski definition) is 5. The standard InChI is InChI=1S/C7H10O3.C6H8O2/c1-5(2)7(8)10-4-6-3-9-6;1-2-8-6(7)5-3-4-5/h6H,1,3-4H2,2H3;2,5H,1,3-4H2. The third-order valence-electron chi connectivity index (χ3n) is 2.26. The molecule has 1 atom stereocenters. The van der Waals surface area contributed by atoms with Gasteiger partial charge in [-0.25, -0.2) is 4.79 Å². The molecule has 1 saturated carbocycles. The Balaban J connectivity index is 0.000000184. The molecule has 0 aromatic carbocycles. The average molecular weight is 254 g/mol. The number of carbonyl (C=O) groups is 2. The van der Waals surface area contributed by atoms with E-state index < -0.39 is 0 Å². The van der Waals surface area contributed by atoms with Crippen LogP contribution in [0.2, 0.25) is 0 Å². The van der Waals surface area contributed by atoms with Gasteiger partial charge in [-0.1, -0.05) is 13.2 Å². The molecule has 0 amide bonds. The summed E-state index contributed by atoms with van der Waals surface area (Å²) < 4.78 is 14.1. The second-order valence-electron chi connectivity index (χ2n) is 4.21. The van der Waals surface area contributed by atoms with Gasteiger partial charge in [-0.05, 0) is 19.8 Å². The zero-order valence-electron chi connectivity index (χ0n) is 10.5. The van der Waals surface area contributed by atoms with Crippen LogP contribution in [0.25, 0.3) is 0 Å². The van der Waals surface area contributed by atoms with Gasteiger partial charge in [0.1, 0.15) is 12.7 Å². The quantitative estimate of drug-likeness (QED) is 0.322. The maximum atomic E-state index is 10.7. The predicted molar refractivity (Wildman–Crippen MR) is 64.5 cm³/mol. The van der Waals surface area contributed by atoms with Crippen molar-refractivity contribution in [2.45, 2.75) is 25.9 Å². The number of ether oxygens (including phenoxy) is 3. The Morgan fingerprint density at radius 2 is 2.06 bits per heavy atom. The Hall–Kier alpha value is -1.62. The summed E-state index contributed by atoms with van der Waals surface area (Å²) in [6.45, 7) is 9.41. The van der Waals surface area contributed by atoms with E-state index in [2.05, 4.69) is 17.9 Å². The van der Waals surface area contributed by atoms with E-state index in [0.29, 0.717) is 18.8 Å². The topological polar surface area (TPSA) is 65.1 Å². The number of carbonyl (C=O) groups excluding carboxylic acids is 2. The number of rotatable bonds is 5. The molecule has 1 aliphatic heterocycles. The van der Waals surface area contributed by atoms with Crippen molar-refractivity contribution in [2.75, 3.05) is 13.2 Å². The number of esters is 2. The summed E-state index contributed by atoms with van der Waals surface area (Å²) in [6.07, 6.45) is 3.31. The Labute approximate surface area is 106 Å². The molecule has 0 radical (unpaired) electrons. The minimum Gasteiger partial charge on any atom is -0.459 e. The van der Waals surface area contributed by atoms with Crippen molar-refractivity contribution in [3.8, 4) is 0 Å². The molecule has 0 spiro atoms. The first-order valence-corrected chi connectivity index (χ1v) is 5.80. The van der Waals surface area contributed by atoms with Crippen molar-refractivity contribution >= 4 is 11.9 Å². The molecule has 0 N–H and O–H groups in total. The van der Waals surface area contributed by atoms with Gasteiger partial charge >= 0.3 is 11.9 Å². The lowest BCUT2D eigenvalue weighted by atomic mass is 10.4. The first kappa shape index (κ1) is 14.4. The molecule has 2 fully saturated rings. The zero-order valence-corrected chi connectivity index (χ0v) is 10.5. The minimum atomic E-state index is -0.337. The average Bonchev–Trinajstić information content (AvgIpc) is 3.19. The van der Waals surface area contributed by atoms with E-state index in [0.717, 1.165) is 12.8 Å². The van der Waals surface area contributed by atoms with Crippen LogP contribution >= 0.6 is 0 Å². The molecule has 5 heteroatoms. The fourth-order valence-electron chi connectivity index (χ4n) is 0.953. The smallest absolute Gasteiger partial charge is 0.333 e. The summed E-state index contributed by atoms with van der Waals surface area (Å²) in [5.41, 5.74) is 0.431. The minimum absolute atomic E-state index is 0.125. The molecule has 100 valence electrons. The Bertz CT molecular complexity index is 339. The highest BCUT2D eigenvalue weighted by molar-refractivity contribution is 5.86. The number of hydrogen-bond donors (Lipinski definition) is 0. The highest BCUT2D eigenvalue weighted by Gasteiger charge is 2.30. The molecule has 0 bridgehead atoms. The van der Waals surface area contributed by atoms with Crippen LogP contribution in [0.3, 0.4) is 0 Å². The highest BCUT2D eigenvalue weighted by atomic mass is 16.6. The lowest BCUT2D eigenvalue weighted by Crippen LogP contribution is -2.09. The summed E-state index contributed by atoms with van der Waals surface area (Å²) in [4.78, 5) is 21.2. The lowest BCUT2D eigenvalue weighted by Gasteiger charge is -1.99. The van der Waals surface area contributed by atoms with Gasteiger partial charge < -0.3 is 14.2 Å². The molecular weight excluding hydrogens is 236 g/mol. The molecule has 1 unspecified atom stereocenters. The van der Waals surface area contributed by atoms with Gasteiger partial charge in [0.15, 0.2) is 0 Å². The van der Waals surface area contributed by atoms with Gasteiger partial charge in [0, 0.05) is 5.57 Å². The van der Waals surface area contributed by atoms with E-state index in [4.69, 9.17) is 9.47 Å². The Kier molecular flexibility index (Phi) is 5.58. The molecule has 0 aromatic heterocycles. The number of epoxide rings is 1. The van der Waals surface area contributed by atoms with Crippen molar-refractivity contribution in [3.05, 3.63) is 25.0 Å². The second kappa shape index (κ2) is 6.96. The summed E-state index contributed by atoms with van der Waals surface area (Å²) in [5.74, 6) is -0.275. The predicted octanol–water partition coefficient (Wildman–Crippen LogP) is 1.59. The van der Waals surface area contributed by atoms with Crippen LogP contribution in [0.15, 0.2) is 25.0 Å². The summed E-state index contributed by atoms with van der Waals surface area (Å²) in [5, 5.41) is 0. The van der Waals surface area contributed by atoms with Crippen molar-refractivity contribution in [1.29, 1.82) is 0 Å². The van der Waals surface area contributed by atoms with Gasteiger partial charge in [-0.15, -0.1) is 0 Å². The molecular formula is C13H18O5. The van der Waals surface area contributed by atoms with E-state index in [1.165, 1.54) is 6.26 Å². The Morgan fingerprint density at radius 1 is 1.44 bits per heavy atom. The van der Waals surface area contributed by atoms with E-state index in [1.807, 2.05) is 0 Å². The van der Waals surface area contributed by atoms with Crippen LogP contribution in [0, 0.1) is 5.92 Å².